The predicted molar refractivity (Wildman–Crippen MR) is 64.4 cm³/mol. The lowest BCUT2D eigenvalue weighted by atomic mass is 10.2. The maximum Gasteiger partial charge on any atom is 0.307 e. The molecule has 16 heavy (non-hydrogen) atoms. The van der Waals surface area contributed by atoms with Crippen molar-refractivity contribution in [2.75, 3.05) is 13.2 Å². The lowest BCUT2D eigenvalue weighted by Crippen LogP contribution is -2.18. The second kappa shape index (κ2) is 7.25. The van der Waals surface area contributed by atoms with Crippen molar-refractivity contribution in [3.63, 3.8) is 0 Å². The van der Waals surface area contributed by atoms with Gasteiger partial charge < -0.3 is 10.1 Å². The first-order chi connectivity index (χ1) is 7.72. The standard InChI is InChI=1S/C12H16ClNO2/c1-2-16-12(15)6-7-14-9-10-4-3-5-11(13)8-10/h3-5,8,14H,2,6-7,9H2,1H3. The van der Waals surface area contributed by atoms with Gasteiger partial charge in [0.25, 0.3) is 0 Å². The van der Waals surface area contributed by atoms with Crippen molar-refractivity contribution in [3.05, 3.63) is 34.9 Å². The van der Waals surface area contributed by atoms with E-state index in [9.17, 15) is 4.79 Å². The monoisotopic (exact) mass is 241 g/mol. The molecular weight excluding hydrogens is 226 g/mol. The topological polar surface area (TPSA) is 38.3 Å². The molecule has 1 aromatic rings. The molecule has 1 rings (SSSR count). The Kier molecular flexibility index (Phi) is 5.90. The van der Waals surface area contributed by atoms with Crippen molar-refractivity contribution >= 4 is 17.6 Å². The number of rotatable bonds is 6. The van der Waals surface area contributed by atoms with Gasteiger partial charge in [0.1, 0.15) is 0 Å². The minimum atomic E-state index is -0.166. The van der Waals surface area contributed by atoms with Gasteiger partial charge in [0.05, 0.1) is 13.0 Å². The molecular formula is C12H16ClNO2. The lowest BCUT2D eigenvalue weighted by molar-refractivity contribution is -0.142. The highest BCUT2D eigenvalue weighted by Gasteiger charge is 2.00. The molecule has 0 fully saturated rings. The molecule has 0 aliphatic heterocycles. The second-order valence-electron chi connectivity index (χ2n) is 3.36. The minimum absolute atomic E-state index is 0.166. The Hall–Kier alpha value is -1.06. The summed E-state index contributed by atoms with van der Waals surface area (Å²) in [5.74, 6) is -0.166. The van der Waals surface area contributed by atoms with Gasteiger partial charge in [0.2, 0.25) is 0 Å². The molecule has 1 N–H and O–H groups in total. The van der Waals surface area contributed by atoms with Crippen molar-refractivity contribution in [2.45, 2.75) is 19.9 Å². The number of halogens is 1. The summed E-state index contributed by atoms with van der Waals surface area (Å²) < 4.78 is 4.81. The van der Waals surface area contributed by atoms with Gasteiger partial charge in [-0.2, -0.15) is 0 Å². The van der Waals surface area contributed by atoms with Gasteiger partial charge >= 0.3 is 5.97 Å². The zero-order chi connectivity index (χ0) is 11.8. The van der Waals surface area contributed by atoms with Crippen molar-refractivity contribution in [1.29, 1.82) is 0 Å². The van der Waals surface area contributed by atoms with Crippen LogP contribution in [0.3, 0.4) is 0 Å². The van der Waals surface area contributed by atoms with Gasteiger partial charge in [-0.1, -0.05) is 23.7 Å². The van der Waals surface area contributed by atoms with E-state index in [1.807, 2.05) is 24.3 Å². The van der Waals surface area contributed by atoms with Gasteiger partial charge in [-0.25, -0.2) is 0 Å². The van der Waals surface area contributed by atoms with E-state index in [0.717, 1.165) is 10.6 Å². The fourth-order valence-electron chi connectivity index (χ4n) is 1.30. The van der Waals surface area contributed by atoms with Crippen LogP contribution in [-0.4, -0.2) is 19.1 Å². The molecule has 0 unspecified atom stereocenters. The molecule has 3 nitrogen and oxygen atoms in total. The Labute approximate surface area is 101 Å². The molecule has 0 amide bonds. The fraction of sp³-hybridized carbons (Fsp3) is 0.417. The number of ether oxygens (including phenoxy) is 1. The van der Waals surface area contributed by atoms with Crippen molar-refractivity contribution in [2.24, 2.45) is 0 Å². The molecule has 0 saturated heterocycles. The van der Waals surface area contributed by atoms with Crippen LogP contribution in [-0.2, 0) is 16.1 Å². The summed E-state index contributed by atoms with van der Waals surface area (Å²) in [7, 11) is 0. The quantitative estimate of drug-likeness (QED) is 0.614. The van der Waals surface area contributed by atoms with Gasteiger partial charge in [-0.15, -0.1) is 0 Å². The predicted octanol–water partition coefficient (Wildman–Crippen LogP) is 2.38. The Balaban J connectivity index is 2.18. The molecule has 0 heterocycles. The average molecular weight is 242 g/mol. The molecule has 0 bridgehead atoms. The molecule has 0 aromatic heterocycles. The molecule has 0 radical (unpaired) electrons. The van der Waals surface area contributed by atoms with Crippen LogP contribution in [0.5, 0.6) is 0 Å². The van der Waals surface area contributed by atoms with Gasteiger partial charge in [-0.05, 0) is 24.6 Å². The Morgan fingerprint density at radius 1 is 1.50 bits per heavy atom. The SMILES string of the molecule is CCOC(=O)CCNCc1cccc(Cl)c1. The maximum atomic E-state index is 11.0. The first-order valence-electron chi connectivity index (χ1n) is 5.33. The molecule has 0 aliphatic carbocycles. The highest BCUT2D eigenvalue weighted by Crippen LogP contribution is 2.10. The van der Waals surface area contributed by atoms with E-state index in [0.29, 0.717) is 26.1 Å². The van der Waals surface area contributed by atoms with E-state index >= 15 is 0 Å². The number of benzene rings is 1. The van der Waals surface area contributed by atoms with Crippen LogP contribution in [0.4, 0.5) is 0 Å². The highest BCUT2D eigenvalue weighted by atomic mass is 35.5. The van der Waals surface area contributed by atoms with Crippen molar-refractivity contribution < 1.29 is 9.53 Å². The zero-order valence-corrected chi connectivity index (χ0v) is 10.1. The summed E-state index contributed by atoms with van der Waals surface area (Å²) >= 11 is 5.85. The highest BCUT2D eigenvalue weighted by molar-refractivity contribution is 6.30. The van der Waals surface area contributed by atoms with E-state index < -0.39 is 0 Å². The van der Waals surface area contributed by atoms with E-state index in [2.05, 4.69) is 5.32 Å². The lowest BCUT2D eigenvalue weighted by Gasteiger charge is -2.05. The molecule has 0 saturated carbocycles. The number of carbonyl (C=O) groups excluding carboxylic acids is 1. The minimum Gasteiger partial charge on any atom is -0.466 e. The molecule has 0 atom stereocenters. The van der Waals surface area contributed by atoms with Crippen LogP contribution in [0.2, 0.25) is 5.02 Å². The van der Waals surface area contributed by atoms with Crippen LogP contribution in [0.1, 0.15) is 18.9 Å². The third-order valence-corrected chi connectivity index (χ3v) is 2.26. The Morgan fingerprint density at radius 3 is 3.00 bits per heavy atom. The number of hydrogen-bond acceptors (Lipinski definition) is 3. The summed E-state index contributed by atoms with van der Waals surface area (Å²) in [6, 6.07) is 7.64. The third kappa shape index (κ3) is 5.14. The van der Waals surface area contributed by atoms with E-state index in [1.165, 1.54) is 0 Å². The summed E-state index contributed by atoms with van der Waals surface area (Å²) in [6.07, 6.45) is 0.397. The van der Waals surface area contributed by atoms with Crippen LogP contribution in [0.15, 0.2) is 24.3 Å². The number of carbonyl (C=O) groups is 1. The van der Waals surface area contributed by atoms with Crippen LogP contribution < -0.4 is 5.32 Å². The fourth-order valence-corrected chi connectivity index (χ4v) is 1.52. The number of nitrogens with one attached hydrogen (secondary N) is 1. The van der Waals surface area contributed by atoms with Crippen LogP contribution in [0.25, 0.3) is 0 Å². The summed E-state index contributed by atoms with van der Waals surface area (Å²) in [6.45, 7) is 3.57. The van der Waals surface area contributed by atoms with Gasteiger partial charge in [-0.3, -0.25) is 4.79 Å². The molecule has 4 heteroatoms. The Morgan fingerprint density at radius 2 is 2.31 bits per heavy atom. The maximum absolute atomic E-state index is 11.0. The summed E-state index contributed by atoms with van der Waals surface area (Å²) in [5, 5.41) is 3.89. The average Bonchev–Trinajstić information content (AvgIpc) is 2.25. The van der Waals surface area contributed by atoms with Crippen molar-refractivity contribution in [3.8, 4) is 0 Å². The molecule has 1 aromatic carbocycles. The van der Waals surface area contributed by atoms with E-state index in [-0.39, 0.29) is 5.97 Å². The van der Waals surface area contributed by atoms with Crippen LogP contribution in [0, 0.1) is 0 Å². The molecule has 88 valence electrons. The van der Waals surface area contributed by atoms with Gasteiger partial charge in [0, 0.05) is 18.1 Å². The van der Waals surface area contributed by atoms with E-state index in [4.69, 9.17) is 16.3 Å². The van der Waals surface area contributed by atoms with Crippen molar-refractivity contribution in [1.82, 2.24) is 5.32 Å². The van der Waals surface area contributed by atoms with Gasteiger partial charge in [0.15, 0.2) is 0 Å². The largest absolute Gasteiger partial charge is 0.466 e. The second-order valence-corrected chi connectivity index (χ2v) is 3.80. The zero-order valence-electron chi connectivity index (χ0n) is 9.33. The smallest absolute Gasteiger partial charge is 0.307 e. The summed E-state index contributed by atoms with van der Waals surface area (Å²) in [5.41, 5.74) is 1.11. The number of hydrogen-bond donors (Lipinski definition) is 1. The van der Waals surface area contributed by atoms with Crippen LogP contribution >= 0.6 is 11.6 Å². The normalized spacial score (nSPS) is 10.1. The third-order valence-electron chi connectivity index (χ3n) is 2.03. The molecule has 0 spiro atoms. The molecule has 0 aliphatic rings. The first kappa shape index (κ1) is 13.0. The number of esters is 1. The van der Waals surface area contributed by atoms with E-state index in [1.54, 1.807) is 6.92 Å². The first-order valence-corrected chi connectivity index (χ1v) is 5.71. The summed E-state index contributed by atoms with van der Waals surface area (Å²) in [4.78, 5) is 11.0. The Bertz CT molecular complexity index is 342.